The lowest BCUT2D eigenvalue weighted by atomic mass is 10.5. The maximum Gasteiger partial charge on any atom is 0.257 e. The maximum atomic E-state index is 11.3. The third-order valence-corrected chi connectivity index (χ3v) is 3.70. The molecule has 0 atom stereocenters. The van der Waals surface area contributed by atoms with Crippen LogP contribution in [0.5, 0.6) is 0 Å². The Hall–Kier alpha value is -0.940. The van der Waals surface area contributed by atoms with Crippen molar-refractivity contribution in [1.29, 1.82) is 0 Å². The minimum Gasteiger partial charge on any atom is -0.352 e. The first-order valence-electron chi connectivity index (χ1n) is 4.46. The zero-order chi connectivity index (χ0) is 11.1. The summed E-state index contributed by atoms with van der Waals surface area (Å²) in [6, 6.07) is 5.65. The van der Waals surface area contributed by atoms with Crippen molar-refractivity contribution in [2.75, 3.05) is 6.54 Å². The summed E-state index contributed by atoms with van der Waals surface area (Å²) in [5.74, 6) is -0.120. The van der Waals surface area contributed by atoms with Crippen LogP contribution in [-0.4, -0.2) is 17.4 Å². The van der Waals surface area contributed by atoms with Crippen LogP contribution in [0, 0.1) is 0 Å². The first-order chi connectivity index (χ1) is 7.24. The molecule has 0 spiro atoms. The molecule has 0 aromatic carbocycles. The van der Waals surface area contributed by atoms with E-state index in [1.54, 1.807) is 6.20 Å². The molecule has 15 heavy (non-hydrogen) atoms. The van der Waals surface area contributed by atoms with Gasteiger partial charge in [0.1, 0.15) is 5.03 Å². The van der Waals surface area contributed by atoms with E-state index in [0.29, 0.717) is 11.4 Å². The van der Waals surface area contributed by atoms with Gasteiger partial charge < -0.3 is 5.32 Å². The summed E-state index contributed by atoms with van der Waals surface area (Å²) in [7, 11) is 2.75. The Morgan fingerprint density at radius 1 is 1.60 bits per heavy atom. The van der Waals surface area contributed by atoms with Gasteiger partial charge in [-0.05, 0) is 40.6 Å². The Morgan fingerprint density at radius 2 is 2.40 bits per heavy atom. The second-order valence-electron chi connectivity index (χ2n) is 2.62. The number of amides is 1. The second kappa shape index (κ2) is 6.53. The number of likely N-dealkylation sites (N-methyl/N-ethyl adjacent to an activating group) is 1. The van der Waals surface area contributed by atoms with Crippen LogP contribution >= 0.6 is 21.6 Å². The van der Waals surface area contributed by atoms with Crippen LogP contribution in [0.4, 0.5) is 0 Å². The van der Waals surface area contributed by atoms with E-state index in [1.165, 1.54) is 21.6 Å². The minimum absolute atomic E-state index is 0.120. The topological polar surface area (TPSA) is 42.0 Å². The number of rotatable bonds is 5. The smallest absolute Gasteiger partial charge is 0.257 e. The summed E-state index contributed by atoms with van der Waals surface area (Å²) in [4.78, 5) is 15.9. The van der Waals surface area contributed by atoms with Crippen LogP contribution in [0.25, 0.3) is 0 Å². The highest BCUT2D eigenvalue weighted by Gasteiger charge is 2.07. The van der Waals surface area contributed by atoms with Crippen molar-refractivity contribution in [2.24, 2.45) is 0 Å². The van der Waals surface area contributed by atoms with E-state index in [2.05, 4.69) is 16.9 Å². The summed E-state index contributed by atoms with van der Waals surface area (Å²) in [6.45, 7) is 6.19. The van der Waals surface area contributed by atoms with Gasteiger partial charge in [0.15, 0.2) is 0 Å². The third kappa shape index (κ3) is 4.40. The monoisotopic (exact) mass is 240 g/mol. The molecular weight excluding hydrogens is 228 g/mol. The average Bonchev–Trinajstić information content (AvgIpc) is 2.27. The summed E-state index contributed by atoms with van der Waals surface area (Å²) in [5, 5.41) is 3.56. The first-order valence-corrected chi connectivity index (χ1v) is 6.61. The normalized spacial score (nSPS) is 9.67. The van der Waals surface area contributed by atoms with Crippen molar-refractivity contribution in [1.82, 2.24) is 10.3 Å². The van der Waals surface area contributed by atoms with Crippen LogP contribution < -0.4 is 5.32 Å². The predicted octanol–water partition coefficient (Wildman–Crippen LogP) is 2.47. The summed E-state index contributed by atoms with van der Waals surface area (Å²) >= 11 is 0. The van der Waals surface area contributed by atoms with Crippen molar-refractivity contribution in [3.8, 4) is 0 Å². The van der Waals surface area contributed by atoms with Gasteiger partial charge in [-0.3, -0.25) is 4.79 Å². The lowest BCUT2D eigenvalue weighted by Crippen LogP contribution is -2.22. The van der Waals surface area contributed by atoms with Crippen molar-refractivity contribution in [2.45, 2.75) is 11.9 Å². The maximum absolute atomic E-state index is 11.3. The fourth-order valence-corrected chi connectivity index (χ4v) is 2.44. The van der Waals surface area contributed by atoms with Crippen LogP contribution in [0.1, 0.15) is 6.92 Å². The van der Waals surface area contributed by atoms with Crippen LogP contribution in [0.15, 0.2) is 40.9 Å². The van der Waals surface area contributed by atoms with Gasteiger partial charge in [0, 0.05) is 12.7 Å². The number of aromatic nitrogens is 1. The standard InChI is InChI=1S/C10H12N2OS2/c1-3-11-10(13)8(2)14-15-9-6-4-5-7-12-9/h4-7H,2-3H2,1H3,(H,11,13). The molecule has 0 radical (unpaired) electrons. The molecule has 1 amide bonds. The van der Waals surface area contributed by atoms with E-state index in [0.717, 1.165) is 5.03 Å². The van der Waals surface area contributed by atoms with Gasteiger partial charge in [-0.15, -0.1) is 0 Å². The molecule has 0 aliphatic heterocycles. The van der Waals surface area contributed by atoms with Gasteiger partial charge in [-0.1, -0.05) is 12.6 Å². The molecule has 1 heterocycles. The number of nitrogens with one attached hydrogen (secondary N) is 1. The van der Waals surface area contributed by atoms with E-state index in [9.17, 15) is 4.79 Å². The fraction of sp³-hybridized carbons (Fsp3) is 0.200. The van der Waals surface area contributed by atoms with E-state index in [1.807, 2.05) is 25.1 Å². The summed E-state index contributed by atoms with van der Waals surface area (Å²) < 4.78 is 0. The van der Waals surface area contributed by atoms with Gasteiger partial charge in [0.2, 0.25) is 0 Å². The molecule has 1 N–H and O–H groups in total. The predicted molar refractivity (Wildman–Crippen MR) is 65.5 cm³/mol. The number of carbonyl (C=O) groups excluding carboxylic acids is 1. The molecule has 0 fully saturated rings. The van der Waals surface area contributed by atoms with Crippen molar-refractivity contribution in [3.05, 3.63) is 35.9 Å². The Bertz CT molecular complexity index is 341. The summed E-state index contributed by atoms with van der Waals surface area (Å²) in [5.41, 5.74) is 0. The molecular formula is C10H12N2OS2. The number of hydrogen-bond donors (Lipinski definition) is 1. The number of carbonyl (C=O) groups is 1. The lowest BCUT2D eigenvalue weighted by molar-refractivity contribution is -0.116. The molecule has 0 bridgehead atoms. The van der Waals surface area contributed by atoms with Crippen LogP contribution in [0.3, 0.4) is 0 Å². The molecule has 1 aromatic rings. The van der Waals surface area contributed by atoms with E-state index < -0.39 is 0 Å². The van der Waals surface area contributed by atoms with Crippen molar-refractivity contribution in [3.63, 3.8) is 0 Å². The zero-order valence-corrected chi connectivity index (χ0v) is 10.0. The lowest BCUT2D eigenvalue weighted by Gasteiger charge is -2.03. The minimum atomic E-state index is -0.120. The van der Waals surface area contributed by atoms with Gasteiger partial charge in [-0.2, -0.15) is 0 Å². The molecule has 0 aliphatic rings. The molecule has 0 aliphatic carbocycles. The molecule has 0 saturated heterocycles. The Kier molecular flexibility index (Phi) is 5.28. The van der Waals surface area contributed by atoms with E-state index >= 15 is 0 Å². The van der Waals surface area contributed by atoms with Crippen molar-refractivity contribution >= 4 is 27.5 Å². The van der Waals surface area contributed by atoms with Crippen LogP contribution in [0.2, 0.25) is 0 Å². The zero-order valence-electron chi connectivity index (χ0n) is 8.40. The SMILES string of the molecule is C=C(SSc1ccccn1)C(=O)NCC. The van der Waals surface area contributed by atoms with Crippen LogP contribution in [-0.2, 0) is 4.79 Å². The average molecular weight is 240 g/mol. The molecule has 1 rings (SSSR count). The quantitative estimate of drug-likeness (QED) is 0.634. The first kappa shape index (κ1) is 12.1. The van der Waals surface area contributed by atoms with Gasteiger partial charge in [-0.25, -0.2) is 4.98 Å². The van der Waals surface area contributed by atoms with E-state index in [4.69, 9.17) is 0 Å². The molecule has 0 unspecified atom stereocenters. The molecule has 80 valence electrons. The van der Waals surface area contributed by atoms with Crippen molar-refractivity contribution < 1.29 is 4.79 Å². The molecule has 1 aromatic heterocycles. The fourth-order valence-electron chi connectivity index (χ4n) is 0.786. The van der Waals surface area contributed by atoms with Gasteiger partial charge >= 0.3 is 0 Å². The number of pyridine rings is 1. The Morgan fingerprint density at radius 3 is 3.00 bits per heavy atom. The second-order valence-corrected chi connectivity index (χ2v) is 4.86. The summed E-state index contributed by atoms with van der Waals surface area (Å²) in [6.07, 6.45) is 1.72. The van der Waals surface area contributed by atoms with Gasteiger partial charge in [0.05, 0.1) is 4.91 Å². The Labute approximate surface area is 97.1 Å². The highest BCUT2D eigenvalue weighted by Crippen LogP contribution is 2.34. The number of hydrogen-bond acceptors (Lipinski definition) is 4. The number of nitrogens with zero attached hydrogens (tertiary/aromatic N) is 1. The Balaban J connectivity index is 2.38. The molecule has 0 saturated carbocycles. The highest BCUT2D eigenvalue weighted by molar-refractivity contribution is 8.78. The third-order valence-electron chi connectivity index (χ3n) is 1.46. The van der Waals surface area contributed by atoms with E-state index in [-0.39, 0.29) is 5.91 Å². The molecule has 5 heteroatoms. The molecule has 3 nitrogen and oxygen atoms in total. The van der Waals surface area contributed by atoms with Gasteiger partial charge in [0.25, 0.3) is 5.91 Å². The largest absolute Gasteiger partial charge is 0.352 e. The highest BCUT2D eigenvalue weighted by atomic mass is 33.1.